The molecule has 0 bridgehead atoms. The maximum Gasteiger partial charge on any atom is 0.123 e. The standard InChI is InChI=1S/C13H14BrFN2S/c1-7-8(2)18-13(17-7)12(16-3)10-6-9(15)4-5-11(10)14/h4-6,12,16H,1-3H3. The zero-order valence-electron chi connectivity index (χ0n) is 10.4. The third kappa shape index (κ3) is 2.63. The molecule has 1 aromatic carbocycles. The van der Waals surface area contributed by atoms with Crippen molar-refractivity contribution in [3.05, 3.63) is 49.6 Å². The summed E-state index contributed by atoms with van der Waals surface area (Å²) in [6, 6.07) is 4.62. The Morgan fingerprint density at radius 3 is 2.67 bits per heavy atom. The van der Waals surface area contributed by atoms with Gasteiger partial charge in [-0.3, -0.25) is 0 Å². The predicted octanol–water partition coefficient (Wildman–Crippen LogP) is 3.97. The average Bonchev–Trinajstić information content (AvgIpc) is 2.65. The molecule has 0 aliphatic rings. The molecule has 0 fully saturated rings. The lowest BCUT2D eigenvalue weighted by atomic mass is 10.1. The minimum absolute atomic E-state index is 0.0903. The fourth-order valence-electron chi connectivity index (χ4n) is 1.77. The van der Waals surface area contributed by atoms with Crippen LogP contribution in [-0.4, -0.2) is 12.0 Å². The van der Waals surface area contributed by atoms with E-state index in [1.54, 1.807) is 17.4 Å². The van der Waals surface area contributed by atoms with E-state index in [-0.39, 0.29) is 11.9 Å². The molecule has 1 heterocycles. The van der Waals surface area contributed by atoms with Crippen LogP contribution in [0.5, 0.6) is 0 Å². The Balaban J connectivity index is 2.48. The SMILES string of the molecule is CNC(c1nc(C)c(C)s1)c1cc(F)ccc1Br. The summed E-state index contributed by atoms with van der Waals surface area (Å²) < 4.78 is 14.3. The molecule has 96 valence electrons. The van der Waals surface area contributed by atoms with Gasteiger partial charge in [-0.1, -0.05) is 15.9 Å². The molecule has 0 spiro atoms. The van der Waals surface area contributed by atoms with Crippen molar-refractivity contribution in [1.82, 2.24) is 10.3 Å². The summed E-state index contributed by atoms with van der Waals surface area (Å²) in [5.41, 5.74) is 1.90. The lowest BCUT2D eigenvalue weighted by Crippen LogP contribution is -2.18. The third-order valence-electron chi connectivity index (χ3n) is 2.85. The third-order valence-corrected chi connectivity index (χ3v) is 4.71. The molecule has 1 N–H and O–H groups in total. The molecule has 5 heteroatoms. The zero-order chi connectivity index (χ0) is 13.3. The van der Waals surface area contributed by atoms with Crippen molar-refractivity contribution in [1.29, 1.82) is 0 Å². The molecular weight excluding hydrogens is 315 g/mol. The minimum Gasteiger partial charge on any atom is -0.307 e. The first-order valence-electron chi connectivity index (χ1n) is 5.59. The van der Waals surface area contributed by atoms with Gasteiger partial charge in [0.25, 0.3) is 0 Å². The second kappa shape index (κ2) is 5.47. The summed E-state index contributed by atoms with van der Waals surface area (Å²) in [5.74, 6) is -0.238. The van der Waals surface area contributed by atoms with E-state index in [9.17, 15) is 4.39 Å². The van der Waals surface area contributed by atoms with E-state index >= 15 is 0 Å². The number of aryl methyl sites for hydroxylation is 2. The molecule has 0 saturated heterocycles. The molecule has 0 aliphatic carbocycles. The van der Waals surface area contributed by atoms with E-state index in [1.165, 1.54) is 17.0 Å². The Hall–Kier alpha value is -0.780. The summed E-state index contributed by atoms with van der Waals surface area (Å²) in [4.78, 5) is 5.73. The zero-order valence-corrected chi connectivity index (χ0v) is 12.8. The van der Waals surface area contributed by atoms with Crippen molar-refractivity contribution in [3.63, 3.8) is 0 Å². The largest absolute Gasteiger partial charge is 0.307 e. The highest BCUT2D eigenvalue weighted by molar-refractivity contribution is 9.10. The topological polar surface area (TPSA) is 24.9 Å². The molecule has 1 unspecified atom stereocenters. The van der Waals surface area contributed by atoms with Crippen LogP contribution in [0.4, 0.5) is 4.39 Å². The van der Waals surface area contributed by atoms with Crippen molar-refractivity contribution < 1.29 is 4.39 Å². The molecule has 0 radical (unpaired) electrons. The van der Waals surface area contributed by atoms with Gasteiger partial charge in [-0.05, 0) is 44.7 Å². The van der Waals surface area contributed by atoms with E-state index in [0.717, 1.165) is 20.7 Å². The van der Waals surface area contributed by atoms with Crippen molar-refractivity contribution in [2.24, 2.45) is 0 Å². The van der Waals surface area contributed by atoms with Gasteiger partial charge in [0.05, 0.1) is 11.7 Å². The van der Waals surface area contributed by atoms with Crippen LogP contribution in [0.2, 0.25) is 0 Å². The highest BCUT2D eigenvalue weighted by Crippen LogP contribution is 2.32. The molecule has 2 rings (SSSR count). The number of hydrogen-bond donors (Lipinski definition) is 1. The van der Waals surface area contributed by atoms with Crippen molar-refractivity contribution in [2.75, 3.05) is 7.05 Å². The number of rotatable bonds is 3. The smallest absolute Gasteiger partial charge is 0.123 e. The number of hydrogen-bond acceptors (Lipinski definition) is 3. The maximum absolute atomic E-state index is 13.4. The second-order valence-electron chi connectivity index (χ2n) is 4.08. The van der Waals surface area contributed by atoms with Gasteiger partial charge in [0.15, 0.2) is 0 Å². The van der Waals surface area contributed by atoms with Crippen molar-refractivity contribution in [2.45, 2.75) is 19.9 Å². The second-order valence-corrected chi connectivity index (χ2v) is 6.17. The van der Waals surface area contributed by atoms with Gasteiger partial charge in [0.1, 0.15) is 10.8 Å². The molecule has 2 aromatic rings. The quantitative estimate of drug-likeness (QED) is 0.922. The Labute approximate surface area is 118 Å². The van der Waals surface area contributed by atoms with Crippen LogP contribution in [0.3, 0.4) is 0 Å². The van der Waals surface area contributed by atoms with Crippen LogP contribution in [-0.2, 0) is 0 Å². The Morgan fingerprint density at radius 2 is 2.11 bits per heavy atom. The van der Waals surface area contributed by atoms with Crippen molar-refractivity contribution >= 4 is 27.3 Å². The number of aromatic nitrogens is 1. The maximum atomic E-state index is 13.4. The first-order valence-corrected chi connectivity index (χ1v) is 7.20. The van der Waals surface area contributed by atoms with Gasteiger partial charge in [0.2, 0.25) is 0 Å². The van der Waals surface area contributed by atoms with E-state index < -0.39 is 0 Å². The minimum atomic E-state index is -0.238. The fourth-order valence-corrected chi connectivity index (χ4v) is 3.30. The summed E-state index contributed by atoms with van der Waals surface area (Å²) >= 11 is 5.10. The number of benzene rings is 1. The molecule has 0 amide bonds. The van der Waals surface area contributed by atoms with Gasteiger partial charge >= 0.3 is 0 Å². The van der Waals surface area contributed by atoms with Crippen LogP contribution in [0.1, 0.15) is 27.2 Å². The van der Waals surface area contributed by atoms with Crippen LogP contribution >= 0.6 is 27.3 Å². The van der Waals surface area contributed by atoms with E-state index in [1.807, 2.05) is 20.9 Å². The molecule has 0 saturated carbocycles. The number of nitrogens with one attached hydrogen (secondary N) is 1. The van der Waals surface area contributed by atoms with E-state index in [0.29, 0.717) is 0 Å². The Kier molecular flexibility index (Phi) is 4.14. The van der Waals surface area contributed by atoms with Gasteiger partial charge in [-0.25, -0.2) is 9.37 Å². The van der Waals surface area contributed by atoms with E-state index in [4.69, 9.17) is 0 Å². The summed E-state index contributed by atoms with van der Waals surface area (Å²) in [6.45, 7) is 4.03. The van der Waals surface area contributed by atoms with Gasteiger partial charge in [0, 0.05) is 9.35 Å². The number of nitrogens with zero attached hydrogens (tertiary/aromatic N) is 1. The van der Waals surface area contributed by atoms with Crippen LogP contribution in [0, 0.1) is 19.7 Å². The first-order chi connectivity index (χ1) is 8.52. The highest BCUT2D eigenvalue weighted by atomic mass is 79.9. The van der Waals surface area contributed by atoms with E-state index in [2.05, 4.69) is 26.2 Å². The van der Waals surface area contributed by atoms with Crippen molar-refractivity contribution in [3.8, 4) is 0 Å². The molecule has 1 aromatic heterocycles. The monoisotopic (exact) mass is 328 g/mol. The molecular formula is C13H14BrFN2S. The van der Waals surface area contributed by atoms with Crippen LogP contribution < -0.4 is 5.32 Å². The van der Waals surface area contributed by atoms with Gasteiger partial charge in [-0.2, -0.15) is 0 Å². The predicted molar refractivity (Wildman–Crippen MR) is 76.6 cm³/mol. The summed E-state index contributed by atoms with van der Waals surface area (Å²) in [5, 5.41) is 4.15. The lowest BCUT2D eigenvalue weighted by Gasteiger charge is -2.15. The number of halogens is 2. The highest BCUT2D eigenvalue weighted by Gasteiger charge is 2.19. The lowest BCUT2D eigenvalue weighted by molar-refractivity contribution is 0.615. The molecule has 0 aliphatic heterocycles. The normalized spacial score (nSPS) is 12.7. The summed E-state index contributed by atoms with van der Waals surface area (Å²) in [7, 11) is 1.86. The van der Waals surface area contributed by atoms with Gasteiger partial charge in [-0.15, -0.1) is 11.3 Å². The molecule has 18 heavy (non-hydrogen) atoms. The fraction of sp³-hybridized carbons (Fsp3) is 0.308. The first kappa shape index (κ1) is 13.6. The van der Waals surface area contributed by atoms with Crippen LogP contribution in [0.15, 0.2) is 22.7 Å². The van der Waals surface area contributed by atoms with Crippen LogP contribution in [0.25, 0.3) is 0 Å². The molecule has 1 atom stereocenters. The molecule has 2 nitrogen and oxygen atoms in total. The summed E-state index contributed by atoms with van der Waals surface area (Å²) in [6.07, 6.45) is 0. The Morgan fingerprint density at radius 1 is 1.39 bits per heavy atom. The average molecular weight is 329 g/mol. The number of thiazole rings is 1. The van der Waals surface area contributed by atoms with Gasteiger partial charge < -0.3 is 5.32 Å². The Bertz CT molecular complexity index is 549.